The van der Waals surface area contributed by atoms with E-state index in [1.54, 1.807) is 10.4 Å². The van der Waals surface area contributed by atoms with Crippen molar-refractivity contribution in [2.24, 2.45) is 0 Å². The summed E-state index contributed by atoms with van der Waals surface area (Å²) in [5.74, 6) is 0. The SMILES string of the molecule is CC1c2ccsc2CCN1C1C=CCCC1. The molecule has 1 nitrogen and oxygen atoms in total. The van der Waals surface area contributed by atoms with Gasteiger partial charge in [-0.3, -0.25) is 4.90 Å². The molecule has 3 rings (SSSR count). The minimum absolute atomic E-state index is 0.614. The molecule has 2 heterocycles. The average Bonchev–Trinajstić information content (AvgIpc) is 2.80. The average molecular weight is 233 g/mol. The molecule has 1 aromatic heterocycles. The Bertz CT molecular complexity index is 393. The third-order valence-electron chi connectivity index (χ3n) is 3.98. The number of allylic oxidation sites excluding steroid dienone is 1. The highest BCUT2D eigenvalue weighted by molar-refractivity contribution is 7.10. The van der Waals surface area contributed by atoms with Crippen LogP contribution < -0.4 is 0 Å². The molecule has 0 aromatic carbocycles. The minimum atomic E-state index is 0.614. The van der Waals surface area contributed by atoms with Crippen LogP contribution in [0.2, 0.25) is 0 Å². The summed E-state index contributed by atoms with van der Waals surface area (Å²) in [4.78, 5) is 4.30. The summed E-state index contributed by atoms with van der Waals surface area (Å²) < 4.78 is 0. The van der Waals surface area contributed by atoms with Gasteiger partial charge in [-0.25, -0.2) is 0 Å². The fourth-order valence-electron chi connectivity index (χ4n) is 3.05. The lowest BCUT2D eigenvalue weighted by atomic mass is 9.94. The molecule has 1 aliphatic carbocycles. The lowest BCUT2D eigenvalue weighted by Crippen LogP contribution is -2.40. The number of thiophene rings is 1. The molecule has 1 aliphatic heterocycles. The van der Waals surface area contributed by atoms with Gasteiger partial charge in [-0.15, -0.1) is 11.3 Å². The van der Waals surface area contributed by atoms with Crippen LogP contribution in [0.4, 0.5) is 0 Å². The zero-order valence-corrected chi connectivity index (χ0v) is 10.7. The molecular weight excluding hydrogens is 214 g/mol. The number of rotatable bonds is 1. The van der Waals surface area contributed by atoms with Gasteiger partial charge < -0.3 is 0 Å². The van der Waals surface area contributed by atoms with E-state index in [-0.39, 0.29) is 0 Å². The minimum Gasteiger partial charge on any atom is -0.290 e. The molecule has 86 valence electrons. The van der Waals surface area contributed by atoms with Crippen molar-refractivity contribution >= 4 is 11.3 Å². The topological polar surface area (TPSA) is 3.24 Å². The second kappa shape index (κ2) is 4.34. The van der Waals surface area contributed by atoms with E-state index in [2.05, 4.69) is 35.4 Å². The van der Waals surface area contributed by atoms with Crippen LogP contribution in [0.25, 0.3) is 0 Å². The van der Waals surface area contributed by atoms with Gasteiger partial charge in [-0.05, 0) is 49.6 Å². The largest absolute Gasteiger partial charge is 0.290 e. The summed E-state index contributed by atoms with van der Waals surface area (Å²) in [5.41, 5.74) is 1.58. The molecule has 0 spiro atoms. The van der Waals surface area contributed by atoms with Gasteiger partial charge >= 0.3 is 0 Å². The molecule has 2 heteroatoms. The van der Waals surface area contributed by atoms with E-state index in [0.29, 0.717) is 12.1 Å². The summed E-state index contributed by atoms with van der Waals surface area (Å²) in [6, 6.07) is 3.63. The van der Waals surface area contributed by atoms with Crippen LogP contribution in [0.1, 0.15) is 42.7 Å². The van der Waals surface area contributed by atoms with Gasteiger partial charge in [-0.2, -0.15) is 0 Å². The van der Waals surface area contributed by atoms with Crippen molar-refractivity contribution < 1.29 is 0 Å². The van der Waals surface area contributed by atoms with Gasteiger partial charge in [-0.1, -0.05) is 12.2 Å². The predicted octanol–water partition coefficient (Wildman–Crippen LogP) is 3.78. The second-order valence-electron chi connectivity index (χ2n) is 4.89. The first-order valence-corrected chi connectivity index (χ1v) is 7.23. The zero-order chi connectivity index (χ0) is 11.0. The van der Waals surface area contributed by atoms with E-state index in [4.69, 9.17) is 0 Å². The Balaban J connectivity index is 1.83. The quantitative estimate of drug-likeness (QED) is 0.667. The van der Waals surface area contributed by atoms with Crippen LogP contribution >= 0.6 is 11.3 Å². The molecular formula is C14H19NS. The van der Waals surface area contributed by atoms with Crippen molar-refractivity contribution in [2.45, 2.75) is 44.7 Å². The fraction of sp³-hybridized carbons (Fsp3) is 0.571. The number of nitrogens with zero attached hydrogens (tertiary/aromatic N) is 1. The highest BCUT2D eigenvalue weighted by Crippen LogP contribution is 2.35. The summed E-state index contributed by atoms with van der Waals surface area (Å²) in [5, 5.41) is 2.25. The molecule has 2 unspecified atom stereocenters. The molecule has 2 atom stereocenters. The van der Waals surface area contributed by atoms with E-state index in [9.17, 15) is 0 Å². The molecule has 1 aromatic rings. The molecule has 2 aliphatic rings. The van der Waals surface area contributed by atoms with E-state index in [1.165, 1.54) is 32.2 Å². The monoisotopic (exact) mass is 233 g/mol. The van der Waals surface area contributed by atoms with Gasteiger partial charge in [0, 0.05) is 23.5 Å². The molecule has 0 saturated carbocycles. The molecule has 0 N–H and O–H groups in total. The van der Waals surface area contributed by atoms with Gasteiger partial charge in [0.1, 0.15) is 0 Å². The summed E-state index contributed by atoms with van der Waals surface area (Å²) in [6.45, 7) is 3.61. The Hall–Kier alpha value is -0.600. The number of hydrogen-bond acceptors (Lipinski definition) is 2. The molecule has 0 fully saturated rings. The van der Waals surface area contributed by atoms with E-state index < -0.39 is 0 Å². The van der Waals surface area contributed by atoms with Crippen LogP contribution in [0.5, 0.6) is 0 Å². The van der Waals surface area contributed by atoms with Crippen molar-refractivity contribution in [1.29, 1.82) is 0 Å². The van der Waals surface area contributed by atoms with E-state index >= 15 is 0 Å². The maximum atomic E-state index is 2.69. The summed E-state index contributed by atoms with van der Waals surface area (Å²) in [7, 11) is 0. The Morgan fingerprint density at radius 2 is 2.38 bits per heavy atom. The van der Waals surface area contributed by atoms with Gasteiger partial charge in [0.2, 0.25) is 0 Å². The second-order valence-corrected chi connectivity index (χ2v) is 5.89. The van der Waals surface area contributed by atoms with Crippen LogP contribution in [-0.2, 0) is 6.42 Å². The van der Waals surface area contributed by atoms with Crippen molar-refractivity contribution in [1.82, 2.24) is 4.90 Å². The van der Waals surface area contributed by atoms with Crippen molar-refractivity contribution in [3.05, 3.63) is 34.0 Å². The maximum Gasteiger partial charge on any atom is 0.0336 e. The van der Waals surface area contributed by atoms with Crippen LogP contribution in [0.3, 0.4) is 0 Å². The van der Waals surface area contributed by atoms with Crippen molar-refractivity contribution in [3.63, 3.8) is 0 Å². The Labute approximate surface area is 102 Å². The first kappa shape index (κ1) is 10.5. The van der Waals surface area contributed by atoms with Gasteiger partial charge in [0.15, 0.2) is 0 Å². The molecule has 0 radical (unpaired) electrons. The summed E-state index contributed by atoms with van der Waals surface area (Å²) in [6.07, 6.45) is 10.0. The van der Waals surface area contributed by atoms with Crippen molar-refractivity contribution in [2.75, 3.05) is 6.54 Å². The number of hydrogen-bond donors (Lipinski definition) is 0. The highest BCUT2D eigenvalue weighted by Gasteiger charge is 2.29. The number of fused-ring (bicyclic) bond motifs is 1. The highest BCUT2D eigenvalue weighted by atomic mass is 32.1. The smallest absolute Gasteiger partial charge is 0.0336 e. The van der Waals surface area contributed by atoms with E-state index in [1.807, 2.05) is 11.3 Å². The Kier molecular flexibility index (Phi) is 2.86. The van der Waals surface area contributed by atoms with Gasteiger partial charge in [0.05, 0.1) is 0 Å². The lowest BCUT2D eigenvalue weighted by molar-refractivity contribution is 0.151. The first-order chi connectivity index (χ1) is 7.86. The van der Waals surface area contributed by atoms with Crippen LogP contribution in [-0.4, -0.2) is 17.5 Å². The normalized spacial score (nSPS) is 30.3. The molecule has 0 bridgehead atoms. The predicted molar refractivity (Wildman–Crippen MR) is 69.9 cm³/mol. The van der Waals surface area contributed by atoms with Gasteiger partial charge in [0.25, 0.3) is 0 Å². The lowest BCUT2D eigenvalue weighted by Gasteiger charge is -2.39. The first-order valence-electron chi connectivity index (χ1n) is 6.35. The zero-order valence-electron chi connectivity index (χ0n) is 9.86. The molecule has 0 amide bonds. The Morgan fingerprint density at radius 1 is 1.44 bits per heavy atom. The van der Waals surface area contributed by atoms with Crippen LogP contribution in [0.15, 0.2) is 23.6 Å². The summed E-state index contributed by atoms with van der Waals surface area (Å²) >= 11 is 1.93. The Morgan fingerprint density at radius 3 is 3.19 bits per heavy atom. The molecule has 0 saturated heterocycles. The third-order valence-corrected chi connectivity index (χ3v) is 4.98. The third kappa shape index (κ3) is 1.74. The van der Waals surface area contributed by atoms with Crippen LogP contribution in [0, 0.1) is 0 Å². The standard InChI is InChI=1S/C14H19NS/c1-11-13-8-10-16-14(13)7-9-15(11)12-5-3-2-4-6-12/h3,5,8,10-12H,2,4,6-7,9H2,1H3. The fourth-order valence-corrected chi connectivity index (χ4v) is 4.02. The van der Waals surface area contributed by atoms with E-state index in [0.717, 1.165) is 0 Å². The maximum absolute atomic E-state index is 2.69. The van der Waals surface area contributed by atoms with Crippen molar-refractivity contribution in [3.8, 4) is 0 Å². The molecule has 16 heavy (non-hydrogen) atoms.